The van der Waals surface area contributed by atoms with E-state index in [0.717, 1.165) is 59.3 Å². The van der Waals surface area contributed by atoms with Crippen molar-refractivity contribution < 1.29 is 9.90 Å². The van der Waals surface area contributed by atoms with E-state index in [0.29, 0.717) is 23.6 Å². The molecule has 4 aromatic rings. The molecule has 1 fully saturated rings. The van der Waals surface area contributed by atoms with Crippen LogP contribution in [0.2, 0.25) is 0 Å². The Bertz CT molecular complexity index is 1390. The number of carbonyl (C=O) groups is 1. The Balaban J connectivity index is 1.32. The van der Waals surface area contributed by atoms with Gasteiger partial charge in [0, 0.05) is 54.9 Å². The molecular weight excluding hydrogens is 428 g/mol. The lowest BCUT2D eigenvalue weighted by molar-refractivity contribution is 0.0966. The van der Waals surface area contributed by atoms with Gasteiger partial charge in [0.05, 0.1) is 41.1 Å². The van der Waals surface area contributed by atoms with Crippen molar-refractivity contribution in [3.63, 3.8) is 0 Å². The number of aliphatic hydroxyl groups is 1. The summed E-state index contributed by atoms with van der Waals surface area (Å²) in [6.45, 7) is 2.09. The third-order valence-electron chi connectivity index (χ3n) is 6.86. The van der Waals surface area contributed by atoms with Gasteiger partial charge in [0.15, 0.2) is 0 Å². The second kappa shape index (κ2) is 8.14. The van der Waals surface area contributed by atoms with Crippen LogP contribution < -0.4 is 15.5 Å². The zero-order valence-electron chi connectivity index (χ0n) is 19.0. The van der Waals surface area contributed by atoms with E-state index in [1.807, 2.05) is 37.6 Å². The highest BCUT2D eigenvalue weighted by Crippen LogP contribution is 2.36. The first kappa shape index (κ1) is 20.7. The maximum Gasteiger partial charge on any atom is 0.254 e. The molecule has 2 aliphatic heterocycles. The van der Waals surface area contributed by atoms with Gasteiger partial charge in [0.25, 0.3) is 5.91 Å². The quantitative estimate of drug-likeness (QED) is 0.436. The minimum Gasteiger partial charge on any atom is -0.393 e. The molecule has 1 aromatic carbocycles. The highest BCUT2D eigenvalue weighted by molar-refractivity contribution is 6.07. The van der Waals surface area contributed by atoms with Crippen molar-refractivity contribution in [3.8, 4) is 11.3 Å². The monoisotopic (exact) mass is 454 g/mol. The van der Waals surface area contributed by atoms with Gasteiger partial charge in [0.1, 0.15) is 5.82 Å². The zero-order valence-corrected chi connectivity index (χ0v) is 19.0. The second-order valence-corrected chi connectivity index (χ2v) is 8.97. The lowest BCUT2D eigenvalue weighted by Gasteiger charge is -2.31. The van der Waals surface area contributed by atoms with E-state index in [9.17, 15) is 9.90 Å². The van der Waals surface area contributed by atoms with Crippen LogP contribution >= 0.6 is 0 Å². The molecule has 8 heteroatoms. The first-order valence-corrected chi connectivity index (χ1v) is 11.6. The number of piperidine rings is 1. The van der Waals surface area contributed by atoms with Gasteiger partial charge in [-0.25, -0.2) is 4.98 Å². The fourth-order valence-corrected chi connectivity index (χ4v) is 4.99. The number of anilines is 3. The predicted octanol–water partition coefficient (Wildman–Crippen LogP) is 3.58. The van der Waals surface area contributed by atoms with E-state index in [1.54, 1.807) is 6.20 Å². The summed E-state index contributed by atoms with van der Waals surface area (Å²) in [5.74, 6) is 0.548. The lowest BCUT2D eigenvalue weighted by atomic mass is 9.99. The summed E-state index contributed by atoms with van der Waals surface area (Å²) in [6, 6.07) is 12.2. The van der Waals surface area contributed by atoms with Gasteiger partial charge in [-0.15, -0.1) is 0 Å². The van der Waals surface area contributed by atoms with Crippen LogP contribution in [0.3, 0.4) is 0 Å². The fraction of sp³-hybridized carbons (Fsp3) is 0.269. The Morgan fingerprint density at radius 1 is 1.09 bits per heavy atom. The van der Waals surface area contributed by atoms with Crippen molar-refractivity contribution in [2.24, 2.45) is 7.05 Å². The van der Waals surface area contributed by atoms with E-state index in [-0.39, 0.29) is 12.0 Å². The Morgan fingerprint density at radius 2 is 1.94 bits per heavy atom. The molecule has 6 rings (SSSR count). The van der Waals surface area contributed by atoms with Crippen molar-refractivity contribution in [2.45, 2.75) is 25.5 Å². The minimum absolute atomic E-state index is 0.107. The molecular formula is C26H26N6O2. The molecule has 1 amide bonds. The smallest absolute Gasteiger partial charge is 0.254 e. The highest BCUT2D eigenvalue weighted by atomic mass is 16.3. The SMILES string of the molecule is Cn1ccc2c(-c3ncc(Nc4ccc(N5CCC(O)CC5)cn4)c4c3CNC4=O)cccc21. The Morgan fingerprint density at radius 3 is 2.74 bits per heavy atom. The summed E-state index contributed by atoms with van der Waals surface area (Å²) in [4.78, 5) is 24.4. The van der Waals surface area contributed by atoms with Gasteiger partial charge in [-0.1, -0.05) is 12.1 Å². The summed E-state index contributed by atoms with van der Waals surface area (Å²) >= 11 is 0. The first-order chi connectivity index (χ1) is 16.6. The number of aliphatic hydroxyl groups excluding tert-OH is 1. The predicted molar refractivity (Wildman–Crippen MR) is 132 cm³/mol. The van der Waals surface area contributed by atoms with Crippen molar-refractivity contribution in [1.29, 1.82) is 0 Å². The number of aromatic nitrogens is 3. The van der Waals surface area contributed by atoms with E-state index >= 15 is 0 Å². The molecule has 5 heterocycles. The molecule has 0 spiro atoms. The molecule has 8 nitrogen and oxygen atoms in total. The average molecular weight is 455 g/mol. The van der Waals surface area contributed by atoms with Crippen LogP contribution in [0, 0.1) is 0 Å². The second-order valence-electron chi connectivity index (χ2n) is 8.97. The number of fused-ring (bicyclic) bond motifs is 2. The molecule has 0 radical (unpaired) electrons. The van der Waals surface area contributed by atoms with Crippen LogP contribution in [0.4, 0.5) is 17.2 Å². The fourth-order valence-electron chi connectivity index (χ4n) is 4.99. The number of hydrogen-bond donors (Lipinski definition) is 3. The van der Waals surface area contributed by atoms with Gasteiger partial charge in [-0.2, -0.15) is 0 Å². The average Bonchev–Trinajstić information content (AvgIpc) is 3.44. The molecule has 1 saturated heterocycles. The third kappa shape index (κ3) is 3.47. The third-order valence-corrected chi connectivity index (χ3v) is 6.86. The van der Waals surface area contributed by atoms with Crippen LogP contribution in [-0.2, 0) is 13.6 Å². The molecule has 3 aromatic heterocycles. The summed E-state index contributed by atoms with van der Waals surface area (Å²) in [5, 5.41) is 17.1. The lowest BCUT2D eigenvalue weighted by Crippen LogP contribution is -2.35. The molecule has 3 N–H and O–H groups in total. The summed E-state index contributed by atoms with van der Waals surface area (Å²) in [6.07, 6.45) is 6.93. The van der Waals surface area contributed by atoms with Crippen molar-refractivity contribution >= 4 is 34.0 Å². The van der Waals surface area contributed by atoms with Crippen LogP contribution in [0.1, 0.15) is 28.8 Å². The molecule has 172 valence electrons. The molecule has 0 aliphatic carbocycles. The van der Waals surface area contributed by atoms with Crippen LogP contribution in [0.25, 0.3) is 22.2 Å². The topological polar surface area (TPSA) is 95.3 Å². The van der Waals surface area contributed by atoms with Gasteiger partial charge in [-0.05, 0) is 37.1 Å². The van der Waals surface area contributed by atoms with Crippen molar-refractivity contribution in [2.75, 3.05) is 23.3 Å². The van der Waals surface area contributed by atoms with Gasteiger partial charge < -0.3 is 25.2 Å². The number of pyridine rings is 2. The summed E-state index contributed by atoms with van der Waals surface area (Å²) in [5.41, 5.74) is 6.17. The number of carbonyl (C=O) groups excluding carboxylic acids is 1. The standard InChI is InChI=1S/C26H26N6O2/c1-31-10-9-18-19(3-2-4-22(18)31)25-20-14-29-26(34)24(20)21(15-28-25)30-23-6-5-16(13-27-23)32-11-7-17(33)8-12-32/h2-6,9-10,13,15,17,33H,7-8,11-12,14H2,1H3,(H,27,30)(H,29,34). The highest BCUT2D eigenvalue weighted by Gasteiger charge is 2.28. The van der Waals surface area contributed by atoms with Gasteiger partial charge in [0.2, 0.25) is 0 Å². The number of rotatable bonds is 4. The summed E-state index contributed by atoms with van der Waals surface area (Å²) < 4.78 is 2.08. The normalized spacial score (nSPS) is 16.1. The van der Waals surface area contributed by atoms with Crippen molar-refractivity contribution in [3.05, 3.63) is 66.1 Å². The number of nitrogens with zero attached hydrogens (tertiary/aromatic N) is 4. The molecule has 0 unspecified atom stereocenters. The number of aryl methyl sites for hydroxylation is 1. The molecule has 0 atom stereocenters. The number of hydrogen-bond acceptors (Lipinski definition) is 6. The van der Waals surface area contributed by atoms with E-state index < -0.39 is 0 Å². The van der Waals surface area contributed by atoms with Crippen LogP contribution in [0.5, 0.6) is 0 Å². The van der Waals surface area contributed by atoms with Gasteiger partial charge >= 0.3 is 0 Å². The summed E-state index contributed by atoms with van der Waals surface area (Å²) in [7, 11) is 2.02. The number of nitrogens with one attached hydrogen (secondary N) is 2. The Hall–Kier alpha value is -3.91. The maximum atomic E-state index is 12.8. The Labute approximate surface area is 197 Å². The van der Waals surface area contributed by atoms with E-state index in [4.69, 9.17) is 4.98 Å². The number of benzene rings is 1. The Kier molecular flexibility index (Phi) is 4.95. The first-order valence-electron chi connectivity index (χ1n) is 11.6. The van der Waals surface area contributed by atoms with Gasteiger partial charge in [-0.3, -0.25) is 9.78 Å². The zero-order chi connectivity index (χ0) is 23.2. The largest absolute Gasteiger partial charge is 0.393 e. The molecule has 34 heavy (non-hydrogen) atoms. The molecule has 0 bridgehead atoms. The molecule has 0 saturated carbocycles. The van der Waals surface area contributed by atoms with Crippen LogP contribution in [-0.4, -0.2) is 44.7 Å². The minimum atomic E-state index is -0.206. The van der Waals surface area contributed by atoms with E-state index in [2.05, 4.69) is 43.3 Å². The number of amides is 1. The van der Waals surface area contributed by atoms with E-state index in [1.165, 1.54) is 0 Å². The van der Waals surface area contributed by atoms with Crippen LogP contribution in [0.15, 0.2) is 55.0 Å². The van der Waals surface area contributed by atoms with Crippen molar-refractivity contribution in [1.82, 2.24) is 19.9 Å². The maximum absolute atomic E-state index is 12.8. The molecule has 2 aliphatic rings.